The molecule has 0 unspecified atom stereocenters. The molecule has 0 bridgehead atoms. The van der Waals surface area contributed by atoms with Gasteiger partial charge in [-0.15, -0.1) is 11.8 Å². The molecule has 0 radical (unpaired) electrons. The summed E-state index contributed by atoms with van der Waals surface area (Å²) in [7, 11) is 0. The monoisotopic (exact) mass is 297 g/mol. The third-order valence-corrected chi connectivity index (χ3v) is 4.08. The van der Waals surface area contributed by atoms with E-state index in [4.69, 9.17) is 0 Å². The number of Topliss-reactive ketones (excluding diaryl/α,β-unsaturated/α-hetero) is 1. The highest BCUT2D eigenvalue weighted by Crippen LogP contribution is 2.21. The first-order chi connectivity index (χ1) is 10.2. The van der Waals surface area contributed by atoms with Gasteiger partial charge in [-0.05, 0) is 42.5 Å². The first-order valence-electron chi connectivity index (χ1n) is 6.49. The summed E-state index contributed by atoms with van der Waals surface area (Å²) in [6, 6.07) is 15.5. The Morgan fingerprint density at radius 2 is 2.00 bits per heavy atom. The fourth-order valence-corrected chi connectivity index (χ4v) is 2.87. The summed E-state index contributed by atoms with van der Waals surface area (Å²) in [5, 5.41) is 0.944. The van der Waals surface area contributed by atoms with Gasteiger partial charge in [0.2, 0.25) is 0 Å². The third kappa shape index (κ3) is 3.28. The molecule has 1 heterocycles. The highest BCUT2D eigenvalue weighted by Gasteiger charge is 2.08. The molecule has 2 aromatic carbocycles. The van der Waals surface area contributed by atoms with Crippen LogP contribution < -0.4 is 0 Å². The molecular formula is C17H12FNOS. The molecule has 104 valence electrons. The topological polar surface area (TPSA) is 30.0 Å². The molecule has 0 saturated heterocycles. The summed E-state index contributed by atoms with van der Waals surface area (Å²) in [5.41, 5.74) is 1.52. The van der Waals surface area contributed by atoms with E-state index < -0.39 is 0 Å². The van der Waals surface area contributed by atoms with Crippen molar-refractivity contribution in [1.82, 2.24) is 4.98 Å². The number of rotatable bonds is 4. The number of pyridine rings is 1. The average molecular weight is 297 g/mol. The normalized spacial score (nSPS) is 10.7. The molecule has 0 saturated carbocycles. The van der Waals surface area contributed by atoms with Crippen LogP contribution in [0.15, 0.2) is 65.7 Å². The Labute approximate surface area is 126 Å². The number of halogens is 1. The van der Waals surface area contributed by atoms with Crippen molar-refractivity contribution < 1.29 is 9.18 Å². The van der Waals surface area contributed by atoms with Crippen molar-refractivity contribution in [2.45, 2.75) is 4.90 Å². The molecule has 0 spiro atoms. The maximum absolute atomic E-state index is 13.1. The number of carbonyl (C=O) groups is 1. The van der Waals surface area contributed by atoms with Gasteiger partial charge in [-0.3, -0.25) is 9.78 Å². The second-order valence-corrected chi connectivity index (χ2v) is 5.63. The molecular weight excluding hydrogens is 285 g/mol. The molecule has 3 rings (SSSR count). The molecule has 0 aliphatic heterocycles. The minimum absolute atomic E-state index is 0.0232. The summed E-state index contributed by atoms with van der Waals surface area (Å²) in [6.45, 7) is 0. The molecule has 0 aliphatic rings. The number of ketones is 1. The standard InChI is InChI=1S/C17H12FNOS/c18-14-4-1-5-15(10-14)21-11-17(20)13-6-7-16-12(9-13)3-2-8-19-16/h1-10H,11H2. The molecule has 1 aromatic heterocycles. The summed E-state index contributed by atoms with van der Waals surface area (Å²) >= 11 is 1.34. The van der Waals surface area contributed by atoms with E-state index in [0.717, 1.165) is 15.8 Å². The van der Waals surface area contributed by atoms with E-state index in [1.54, 1.807) is 24.4 Å². The quantitative estimate of drug-likeness (QED) is 0.530. The second-order valence-electron chi connectivity index (χ2n) is 4.58. The van der Waals surface area contributed by atoms with E-state index in [9.17, 15) is 9.18 Å². The zero-order valence-electron chi connectivity index (χ0n) is 11.1. The van der Waals surface area contributed by atoms with Crippen LogP contribution in [0.5, 0.6) is 0 Å². The van der Waals surface area contributed by atoms with Crippen molar-refractivity contribution >= 4 is 28.4 Å². The Morgan fingerprint density at radius 3 is 2.86 bits per heavy atom. The predicted molar refractivity (Wildman–Crippen MR) is 83.2 cm³/mol. The highest BCUT2D eigenvalue weighted by molar-refractivity contribution is 8.00. The average Bonchev–Trinajstić information content (AvgIpc) is 2.52. The lowest BCUT2D eigenvalue weighted by molar-refractivity contribution is 0.102. The van der Waals surface area contributed by atoms with Gasteiger partial charge in [0.15, 0.2) is 5.78 Å². The Morgan fingerprint density at radius 1 is 1.10 bits per heavy atom. The van der Waals surface area contributed by atoms with Crippen LogP contribution >= 0.6 is 11.8 Å². The van der Waals surface area contributed by atoms with Gasteiger partial charge >= 0.3 is 0 Å². The maximum atomic E-state index is 13.1. The molecule has 0 N–H and O–H groups in total. The molecule has 0 aliphatic carbocycles. The predicted octanol–water partition coefficient (Wildman–Crippen LogP) is 4.35. The Balaban J connectivity index is 1.74. The summed E-state index contributed by atoms with van der Waals surface area (Å²) < 4.78 is 13.1. The Bertz CT molecular complexity index is 803. The molecule has 0 fully saturated rings. The van der Waals surface area contributed by atoms with Gasteiger partial charge in [0.05, 0.1) is 11.3 Å². The van der Waals surface area contributed by atoms with Crippen molar-refractivity contribution in [1.29, 1.82) is 0 Å². The number of hydrogen-bond donors (Lipinski definition) is 0. The summed E-state index contributed by atoms with van der Waals surface area (Å²) in [5.74, 6) is 0.0223. The minimum Gasteiger partial charge on any atom is -0.293 e. The first kappa shape index (κ1) is 13.8. The molecule has 0 atom stereocenters. The lowest BCUT2D eigenvalue weighted by Crippen LogP contribution is -2.02. The van der Waals surface area contributed by atoms with Gasteiger partial charge in [0, 0.05) is 22.0 Å². The first-order valence-corrected chi connectivity index (χ1v) is 7.47. The van der Waals surface area contributed by atoms with Crippen LogP contribution in [-0.2, 0) is 0 Å². The van der Waals surface area contributed by atoms with Crippen molar-refractivity contribution in [3.8, 4) is 0 Å². The number of thioether (sulfide) groups is 1. The van der Waals surface area contributed by atoms with Crippen LogP contribution in [0, 0.1) is 5.82 Å². The molecule has 3 aromatic rings. The fraction of sp³-hybridized carbons (Fsp3) is 0.0588. The van der Waals surface area contributed by atoms with Gasteiger partial charge in [0.25, 0.3) is 0 Å². The smallest absolute Gasteiger partial charge is 0.173 e. The zero-order valence-corrected chi connectivity index (χ0v) is 11.9. The van der Waals surface area contributed by atoms with Crippen LogP contribution in [0.2, 0.25) is 0 Å². The SMILES string of the molecule is O=C(CSc1cccc(F)c1)c1ccc2ncccc2c1. The largest absolute Gasteiger partial charge is 0.293 e. The van der Waals surface area contributed by atoms with Gasteiger partial charge in [0.1, 0.15) is 5.82 Å². The third-order valence-electron chi connectivity index (χ3n) is 3.09. The number of aromatic nitrogens is 1. The van der Waals surface area contributed by atoms with Gasteiger partial charge in [-0.25, -0.2) is 4.39 Å². The Kier molecular flexibility index (Phi) is 3.97. The second kappa shape index (κ2) is 6.06. The highest BCUT2D eigenvalue weighted by atomic mass is 32.2. The van der Waals surface area contributed by atoms with Crippen molar-refractivity contribution in [3.63, 3.8) is 0 Å². The fourth-order valence-electron chi connectivity index (χ4n) is 2.04. The van der Waals surface area contributed by atoms with E-state index in [-0.39, 0.29) is 17.4 Å². The lowest BCUT2D eigenvalue weighted by Gasteiger charge is -2.03. The molecule has 0 amide bonds. The summed E-state index contributed by atoms with van der Waals surface area (Å²) in [4.78, 5) is 17.2. The number of carbonyl (C=O) groups excluding carboxylic acids is 1. The van der Waals surface area contributed by atoms with Gasteiger partial charge in [-0.2, -0.15) is 0 Å². The van der Waals surface area contributed by atoms with E-state index in [1.807, 2.05) is 24.3 Å². The van der Waals surface area contributed by atoms with Crippen LogP contribution in [0.25, 0.3) is 10.9 Å². The van der Waals surface area contributed by atoms with E-state index in [2.05, 4.69) is 4.98 Å². The van der Waals surface area contributed by atoms with E-state index in [0.29, 0.717) is 5.56 Å². The number of fused-ring (bicyclic) bond motifs is 1. The van der Waals surface area contributed by atoms with E-state index in [1.165, 1.54) is 23.9 Å². The lowest BCUT2D eigenvalue weighted by atomic mass is 10.1. The van der Waals surface area contributed by atoms with Crippen molar-refractivity contribution in [2.75, 3.05) is 5.75 Å². The zero-order chi connectivity index (χ0) is 14.7. The number of benzene rings is 2. The van der Waals surface area contributed by atoms with Crippen LogP contribution in [0.3, 0.4) is 0 Å². The number of hydrogen-bond acceptors (Lipinski definition) is 3. The van der Waals surface area contributed by atoms with Crippen LogP contribution in [-0.4, -0.2) is 16.5 Å². The van der Waals surface area contributed by atoms with Crippen LogP contribution in [0.1, 0.15) is 10.4 Å². The van der Waals surface area contributed by atoms with Crippen molar-refractivity contribution in [2.24, 2.45) is 0 Å². The molecule has 21 heavy (non-hydrogen) atoms. The maximum Gasteiger partial charge on any atom is 0.173 e. The number of nitrogens with zero attached hydrogens (tertiary/aromatic N) is 1. The summed E-state index contributed by atoms with van der Waals surface area (Å²) in [6.07, 6.45) is 1.73. The minimum atomic E-state index is -0.288. The van der Waals surface area contributed by atoms with Crippen LogP contribution in [0.4, 0.5) is 4.39 Å². The molecule has 4 heteroatoms. The van der Waals surface area contributed by atoms with Gasteiger partial charge in [-0.1, -0.05) is 12.1 Å². The van der Waals surface area contributed by atoms with E-state index >= 15 is 0 Å². The van der Waals surface area contributed by atoms with Gasteiger partial charge < -0.3 is 0 Å². The Hall–Kier alpha value is -2.20. The molecule has 2 nitrogen and oxygen atoms in total. The van der Waals surface area contributed by atoms with Crippen molar-refractivity contribution in [3.05, 3.63) is 72.2 Å².